The molecule has 0 aliphatic heterocycles. The molecular weight excluding hydrogens is 805 g/mol. The zero-order valence-corrected chi connectivity index (χ0v) is 34.6. The van der Waals surface area contributed by atoms with Crippen molar-refractivity contribution >= 4 is 40.0 Å². The van der Waals surface area contributed by atoms with Crippen LogP contribution in [0.4, 0.5) is 17.1 Å². The molecule has 0 radical (unpaired) electrons. The van der Waals surface area contributed by atoms with Crippen LogP contribution in [0, 0.1) is 10.1 Å². The van der Waals surface area contributed by atoms with Crippen molar-refractivity contribution in [3.63, 3.8) is 0 Å². The number of hydrogen-bond acceptors (Lipinski definition) is 15. The maximum Gasteiger partial charge on any atom is 0.328 e. The van der Waals surface area contributed by atoms with E-state index < -0.39 is 16.9 Å². The number of aryl methyl sites for hydroxylation is 1. The smallest absolute Gasteiger partial charge is 0.328 e. The highest BCUT2D eigenvalue weighted by molar-refractivity contribution is 5.86. The summed E-state index contributed by atoms with van der Waals surface area (Å²) in [5.41, 5.74) is 5.64. The number of nitrogens with zero attached hydrogens (tertiary/aromatic N) is 9. The van der Waals surface area contributed by atoms with Crippen molar-refractivity contribution in [1.29, 1.82) is 0 Å². The Morgan fingerprint density at radius 2 is 1.24 bits per heavy atom. The number of ether oxygens (including phenoxy) is 1. The van der Waals surface area contributed by atoms with Crippen LogP contribution < -0.4 is 15.1 Å². The molecule has 0 spiro atoms. The predicted octanol–water partition coefficient (Wildman–Crippen LogP) is 6.83. The Kier molecular flexibility index (Phi) is 14.5. The van der Waals surface area contributed by atoms with Gasteiger partial charge < -0.3 is 25.0 Å². The average Bonchev–Trinajstić information content (AvgIpc) is 3.80. The third-order valence-corrected chi connectivity index (χ3v) is 10.4. The number of esters is 1. The van der Waals surface area contributed by atoms with Crippen molar-refractivity contribution in [2.45, 2.75) is 70.7 Å². The second kappa shape index (κ2) is 21.1. The largest absolute Gasteiger partial charge is 0.504 e. The van der Waals surface area contributed by atoms with Gasteiger partial charge in [0.25, 0.3) is 0 Å². The van der Waals surface area contributed by atoms with Gasteiger partial charge in [0.05, 0.1) is 72.4 Å². The number of aromatic nitrogens is 6. The molecule has 63 heavy (non-hydrogen) atoms. The molecule has 0 bridgehead atoms. The van der Waals surface area contributed by atoms with Gasteiger partial charge in [0.1, 0.15) is 11.6 Å². The second-order valence-corrected chi connectivity index (χ2v) is 14.8. The molecule has 322 valence electrons. The topological polar surface area (TPSA) is 216 Å². The van der Waals surface area contributed by atoms with Crippen LogP contribution in [0.5, 0.6) is 5.75 Å². The monoisotopic (exact) mass is 850 g/mol. The lowest BCUT2D eigenvalue weighted by molar-refractivity contribution is -0.383. The first kappa shape index (κ1) is 43.3. The van der Waals surface area contributed by atoms with Crippen molar-refractivity contribution in [3.05, 3.63) is 166 Å². The molecule has 1 amide bonds. The minimum atomic E-state index is -1.05. The van der Waals surface area contributed by atoms with Crippen molar-refractivity contribution < 1.29 is 29.0 Å². The number of rotatable bonds is 21. The summed E-state index contributed by atoms with van der Waals surface area (Å²) in [6.45, 7) is 1.26. The van der Waals surface area contributed by atoms with Gasteiger partial charge in [-0.05, 0) is 107 Å². The van der Waals surface area contributed by atoms with Gasteiger partial charge in [-0.3, -0.25) is 34.8 Å². The fourth-order valence-corrected chi connectivity index (χ4v) is 7.33. The van der Waals surface area contributed by atoms with Crippen LogP contribution in [-0.2, 0) is 53.3 Å². The van der Waals surface area contributed by atoms with E-state index in [0.29, 0.717) is 74.3 Å². The Labute approximate surface area is 362 Å². The predicted molar refractivity (Wildman–Crippen MR) is 233 cm³/mol. The Balaban J connectivity index is 1.16. The van der Waals surface area contributed by atoms with Crippen molar-refractivity contribution in [2.75, 3.05) is 16.9 Å². The lowest BCUT2D eigenvalue weighted by atomic mass is 10.0. The van der Waals surface area contributed by atoms with Gasteiger partial charge in [-0.2, -0.15) is 0 Å². The standard InChI is InChI=1S/C46H46N10O7/c1-62-46(59)38(51-42(57)18-4-2-3-13-33-19-20-39(56(60)61)44-43(33)52-63-53-44)25-32-26-40(54(28-34-14-5-9-21-47-34)29-35-15-6-10-22-48-35)45(58)41(27-32)55(30-36-16-7-11-23-49-36)31-37-17-8-12-24-50-37/h5-12,14-17,19-24,26-27,38,58H,2-4,13,18,25,28-31H2,1H3,(H,51,57)/t38-/m0/s1. The van der Waals surface area contributed by atoms with E-state index in [9.17, 15) is 24.8 Å². The van der Waals surface area contributed by atoms with E-state index in [1.54, 1.807) is 30.9 Å². The highest BCUT2D eigenvalue weighted by atomic mass is 16.6. The van der Waals surface area contributed by atoms with Crippen LogP contribution >= 0.6 is 0 Å². The Bertz CT molecular complexity index is 2410. The molecule has 1 atom stereocenters. The minimum absolute atomic E-state index is 0.00889. The molecule has 7 aromatic rings. The molecule has 2 aromatic carbocycles. The van der Waals surface area contributed by atoms with Crippen LogP contribution in [0.3, 0.4) is 0 Å². The number of carbonyl (C=O) groups excluding carboxylic acids is 2. The SMILES string of the molecule is COC(=O)[C@H](Cc1cc(N(Cc2ccccn2)Cc2ccccn2)c(O)c(N(Cc2ccccn2)Cc2ccccn2)c1)NC(=O)CCCCCc1ccc([N+](=O)[O-])c2nonc12. The number of phenolic OH excluding ortho intramolecular Hbond substituents is 1. The number of amides is 1. The number of non-ortho nitro benzene ring substituents is 1. The molecular formula is C46H46N10O7. The van der Waals surface area contributed by atoms with Gasteiger partial charge in [0.2, 0.25) is 11.4 Å². The molecule has 0 aliphatic rings. The number of aromatic hydroxyl groups is 1. The third kappa shape index (κ3) is 11.5. The van der Waals surface area contributed by atoms with Gasteiger partial charge in [-0.1, -0.05) is 30.7 Å². The first-order chi connectivity index (χ1) is 30.7. The quantitative estimate of drug-likeness (QED) is 0.0328. The molecule has 0 saturated heterocycles. The zero-order valence-electron chi connectivity index (χ0n) is 34.6. The number of nitro benzene ring substituents is 1. The molecule has 7 rings (SSSR count). The fraction of sp³-hybridized carbons (Fsp3) is 0.261. The minimum Gasteiger partial charge on any atom is -0.504 e. The number of methoxy groups -OCH3 is 1. The molecule has 2 N–H and O–H groups in total. The molecule has 0 aliphatic carbocycles. The Morgan fingerprint density at radius 3 is 1.70 bits per heavy atom. The van der Waals surface area contributed by atoms with Crippen LogP contribution in [-0.4, -0.2) is 65.3 Å². The maximum absolute atomic E-state index is 13.5. The summed E-state index contributed by atoms with van der Waals surface area (Å²) in [6.07, 6.45) is 9.46. The number of phenols is 1. The van der Waals surface area contributed by atoms with E-state index in [0.717, 1.165) is 28.3 Å². The second-order valence-electron chi connectivity index (χ2n) is 14.8. The van der Waals surface area contributed by atoms with Crippen LogP contribution in [0.25, 0.3) is 11.0 Å². The highest BCUT2D eigenvalue weighted by Gasteiger charge is 2.27. The molecule has 0 fully saturated rings. The Hall–Kier alpha value is -7.82. The number of nitro groups is 1. The molecule has 5 heterocycles. The van der Waals surface area contributed by atoms with Crippen molar-refractivity contribution in [2.24, 2.45) is 0 Å². The number of carbonyl (C=O) groups is 2. The summed E-state index contributed by atoms with van der Waals surface area (Å²) in [5, 5.41) is 34.3. The first-order valence-electron chi connectivity index (χ1n) is 20.5. The van der Waals surface area contributed by atoms with E-state index in [2.05, 4.69) is 35.6 Å². The summed E-state index contributed by atoms with van der Waals surface area (Å²) < 4.78 is 9.99. The average molecular weight is 851 g/mol. The summed E-state index contributed by atoms with van der Waals surface area (Å²) in [7, 11) is 1.28. The normalized spacial score (nSPS) is 11.5. The van der Waals surface area contributed by atoms with Crippen molar-refractivity contribution in [3.8, 4) is 5.75 Å². The van der Waals surface area contributed by atoms with Gasteiger partial charge in [0.15, 0.2) is 5.75 Å². The number of nitrogens with one attached hydrogen (secondary N) is 1. The Morgan fingerprint density at radius 1 is 0.730 bits per heavy atom. The fourth-order valence-electron chi connectivity index (χ4n) is 7.33. The van der Waals surface area contributed by atoms with E-state index in [4.69, 9.17) is 9.37 Å². The van der Waals surface area contributed by atoms with Gasteiger partial charge in [0, 0.05) is 43.7 Å². The van der Waals surface area contributed by atoms with E-state index in [-0.39, 0.29) is 35.7 Å². The molecule has 17 heteroatoms. The number of anilines is 2. The van der Waals surface area contributed by atoms with Gasteiger partial charge >= 0.3 is 11.7 Å². The van der Waals surface area contributed by atoms with E-state index >= 15 is 0 Å². The number of fused-ring (bicyclic) bond motifs is 1. The van der Waals surface area contributed by atoms with E-state index in [1.807, 2.05) is 94.7 Å². The molecule has 0 unspecified atom stereocenters. The van der Waals surface area contributed by atoms with Crippen molar-refractivity contribution in [1.82, 2.24) is 35.6 Å². The number of hydrogen-bond donors (Lipinski definition) is 2. The highest BCUT2D eigenvalue weighted by Crippen LogP contribution is 2.41. The van der Waals surface area contributed by atoms with Gasteiger partial charge in [-0.15, -0.1) is 0 Å². The molecule has 17 nitrogen and oxygen atoms in total. The number of pyridine rings is 4. The number of unbranched alkanes of at least 4 members (excludes halogenated alkanes) is 2. The third-order valence-electron chi connectivity index (χ3n) is 10.4. The van der Waals surface area contributed by atoms with Crippen LogP contribution in [0.1, 0.15) is 59.6 Å². The lowest BCUT2D eigenvalue weighted by Crippen LogP contribution is -2.43. The van der Waals surface area contributed by atoms with Crippen LogP contribution in [0.15, 0.2) is 126 Å². The lowest BCUT2D eigenvalue weighted by Gasteiger charge is -2.31. The number of benzene rings is 2. The van der Waals surface area contributed by atoms with E-state index in [1.165, 1.54) is 13.2 Å². The summed E-state index contributed by atoms with van der Waals surface area (Å²) in [5.74, 6) is -0.965. The summed E-state index contributed by atoms with van der Waals surface area (Å²) >= 11 is 0. The summed E-state index contributed by atoms with van der Waals surface area (Å²) in [6, 6.07) is 28.2. The van der Waals surface area contributed by atoms with Crippen LogP contribution in [0.2, 0.25) is 0 Å². The zero-order chi connectivity index (χ0) is 44.0. The molecule has 0 saturated carbocycles. The first-order valence-corrected chi connectivity index (χ1v) is 20.5. The molecule has 5 aromatic heterocycles. The maximum atomic E-state index is 13.5. The van der Waals surface area contributed by atoms with Gasteiger partial charge in [-0.25, -0.2) is 9.42 Å². The summed E-state index contributed by atoms with van der Waals surface area (Å²) in [4.78, 5) is 60.0.